The van der Waals surface area contributed by atoms with E-state index in [1.165, 1.54) is 11.1 Å². The Hall–Kier alpha value is -2.89. The molecule has 1 N–H and O–H groups in total. The molecule has 25 heavy (non-hydrogen) atoms. The molecule has 2 aromatic heterocycles. The van der Waals surface area contributed by atoms with Crippen LogP contribution >= 0.6 is 0 Å². The van der Waals surface area contributed by atoms with E-state index in [0.29, 0.717) is 11.6 Å². The molecule has 0 saturated heterocycles. The first-order valence-electron chi connectivity index (χ1n) is 8.50. The Morgan fingerprint density at radius 1 is 1.32 bits per heavy atom. The summed E-state index contributed by atoms with van der Waals surface area (Å²) in [5, 5.41) is 11.3. The number of rotatable bonds is 3. The lowest BCUT2D eigenvalue weighted by molar-refractivity contribution is 0.101. The smallest absolute Gasteiger partial charge is 0.279 e. The van der Waals surface area contributed by atoms with E-state index < -0.39 is 0 Å². The maximum Gasteiger partial charge on any atom is 0.279 e. The van der Waals surface area contributed by atoms with Gasteiger partial charge in [-0.15, -0.1) is 0 Å². The summed E-state index contributed by atoms with van der Waals surface area (Å²) in [4.78, 5) is 12.5. The third-order valence-electron chi connectivity index (χ3n) is 4.70. The van der Waals surface area contributed by atoms with Gasteiger partial charge in [0.2, 0.25) is 0 Å². The highest BCUT2D eigenvalue weighted by atomic mass is 16.5. The summed E-state index contributed by atoms with van der Waals surface area (Å²) < 4.78 is 6.92. The molecule has 128 valence electrons. The van der Waals surface area contributed by atoms with Crippen LogP contribution in [0.5, 0.6) is 0 Å². The maximum atomic E-state index is 12.5. The Labute approximate surface area is 145 Å². The van der Waals surface area contributed by atoms with Crippen LogP contribution in [0.3, 0.4) is 0 Å². The van der Waals surface area contributed by atoms with Crippen molar-refractivity contribution in [2.24, 2.45) is 0 Å². The Morgan fingerprint density at radius 3 is 2.96 bits per heavy atom. The van der Waals surface area contributed by atoms with E-state index in [1.54, 1.807) is 19.2 Å². The van der Waals surface area contributed by atoms with Crippen molar-refractivity contribution in [3.8, 4) is 0 Å². The number of nitrogens with one attached hydrogen (secondary N) is 1. The predicted octanol–water partition coefficient (Wildman–Crippen LogP) is 3.67. The fourth-order valence-corrected chi connectivity index (χ4v) is 3.47. The Morgan fingerprint density at radius 2 is 2.16 bits per heavy atom. The fourth-order valence-electron chi connectivity index (χ4n) is 3.47. The number of aryl methyl sites for hydroxylation is 3. The monoisotopic (exact) mass is 336 g/mol. The van der Waals surface area contributed by atoms with Gasteiger partial charge in [-0.1, -0.05) is 29.4 Å². The van der Waals surface area contributed by atoms with Gasteiger partial charge in [0.05, 0.1) is 12.2 Å². The highest BCUT2D eigenvalue weighted by Crippen LogP contribution is 2.35. The van der Waals surface area contributed by atoms with Crippen molar-refractivity contribution in [1.82, 2.24) is 14.9 Å². The van der Waals surface area contributed by atoms with Gasteiger partial charge >= 0.3 is 0 Å². The number of nitrogens with zero attached hydrogens (tertiary/aromatic N) is 3. The van der Waals surface area contributed by atoms with Crippen LogP contribution in [0.2, 0.25) is 0 Å². The molecule has 1 aromatic carbocycles. The van der Waals surface area contributed by atoms with Crippen LogP contribution in [0.1, 0.15) is 51.8 Å². The van der Waals surface area contributed by atoms with E-state index in [9.17, 15) is 4.79 Å². The molecule has 0 bridgehead atoms. The summed E-state index contributed by atoms with van der Waals surface area (Å²) in [6.45, 7) is 3.71. The summed E-state index contributed by atoms with van der Waals surface area (Å²) in [5.41, 5.74) is 3.84. The number of fused-ring (bicyclic) bond motifs is 1. The van der Waals surface area contributed by atoms with Crippen molar-refractivity contribution in [3.05, 3.63) is 64.7 Å². The largest absolute Gasteiger partial charge is 0.361 e. The molecule has 0 radical (unpaired) electrons. The number of hydrogen-bond acceptors (Lipinski definition) is 4. The van der Waals surface area contributed by atoms with Crippen molar-refractivity contribution < 1.29 is 9.32 Å². The molecule has 1 amide bonds. The standard InChI is InChI=1S/C19H20N4O2/c1-12-11-20-23(17-9-5-7-14-6-3-4-8-15(14)17)18(12)21-19(24)16-10-13(2)25-22-16/h3-4,6,8,10-11,17H,5,7,9H2,1-2H3,(H,21,24)/t17-/m1/s1. The minimum atomic E-state index is -0.286. The van der Waals surface area contributed by atoms with Gasteiger partial charge in [0.1, 0.15) is 11.6 Å². The molecule has 6 nitrogen and oxygen atoms in total. The molecular formula is C19H20N4O2. The first-order chi connectivity index (χ1) is 12.1. The van der Waals surface area contributed by atoms with E-state index in [0.717, 1.165) is 24.8 Å². The number of carbonyl (C=O) groups excluding carboxylic acids is 1. The Bertz CT molecular complexity index is 925. The van der Waals surface area contributed by atoms with Gasteiger partial charge in [0.25, 0.3) is 5.91 Å². The molecule has 6 heteroatoms. The van der Waals surface area contributed by atoms with Crippen molar-refractivity contribution in [2.45, 2.75) is 39.2 Å². The first-order valence-corrected chi connectivity index (χ1v) is 8.50. The van der Waals surface area contributed by atoms with Crippen LogP contribution in [0, 0.1) is 13.8 Å². The van der Waals surface area contributed by atoms with Crippen molar-refractivity contribution in [1.29, 1.82) is 0 Å². The minimum Gasteiger partial charge on any atom is -0.361 e. The Balaban J connectivity index is 1.68. The van der Waals surface area contributed by atoms with E-state index >= 15 is 0 Å². The number of aromatic nitrogens is 3. The number of carbonyl (C=O) groups is 1. The molecule has 3 aromatic rings. The van der Waals surface area contributed by atoms with Crippen LogP contribution < -0.4 is 5.32 Å². The number of benzene rings is 1. The third kappa shape index (κ3) is 2.84. The summed E-state index contributed by atoms with van der Waals surface area (Å²) in [6.07, 6.45) is 4.99. The summed E-state index contributed by atoms with van der Waals surface area (Å²) >= 11 is 0. The lowest BCUT2D eigenvalue weighted by atomic mass is 9.88. The summed E-state index contributed by atoms with van der Waals surface area (Å²) in [6, 6.07) is 10.2. The van der Waals surface area contributed by atoms with Gasteiger partial charge in [-0.3, -0.25) is 4.79 Å². The third-order valence-corrected chi connectivity index (χ3v) is 4.70. The molecule has 0 unspecified atom stereocenters. The minimum absolute atomic E-state index is 0.132. The molecule has 0 fully saturated rings. The van der Waals surface area contributed by atoms with E-state index in [1.807, 2.05) is 11.6 Å². The van der Waals surface area contributed by atoms with Crippen molar-refractivity contribution in [2.75, 3.05) is 5.32 Å². The molecule has 1 aliphatic carbocycles. The van der Waals surface area contributed by atoms with E-state index in [4.69, 9.17) is 4.52 Å². The van der Waals surface area contributed by atoms with Crippen LogP contribution in [0.4, 0.5) is 5.82 Å². The van der Waals surface area contributed by atoms with Gasteiger partial charge in [0.15, 0.2) is 5.69 Å². The topological polar surface area (TPSA) is 73.0 Å². The zero-order valence-electron chi connectivity index (χ0n) is 14.3. The zero-order chi connectivity index (χ0) is 17.4. The summed E-state index contributed by atoms with van der Waals surface area (Å²) in [7, 11) is 0. The average Bonchev–Trinajstić information content (AvgIpc) is 3.21. The molecule has 0 aliphatic heterocycles. The molecule has 1 aliphatic rings. The molecule has 1 atom stereocenters. The number of hydrogen-bond donors (Lipinski definition) is 1. The van der Waals surface area contributed by atoms with Crippen LogP contribution in [-0.2, 0) is 6.42 Å². The number of amides is 1. The molecule has 4 rings (SSSR count). The van der Waals surface area contributed by atoms with Gasteiger partial charge < -0.3 is 9.84 Å². The molecule has 0 saturated carbocycles. The highest BCUT2D eigenvalue weighted by Gasteiger charge is 2.25. The summed E-state index contributed by atoms with van der Waals surface area (Å²) in [5.74, 6) is 1.04. The Kier molecular flexibility index (Phi) is 3.87. The SMILES string of the molecule is Cc1cc(C(=O)Nc2c(C)cnn2[C@@H]2CCCc3ccccc32)no1. The maximum absolute atomic E-state index is 12.5. The molecule has 2 heterocycles. The van der Waals surface area contributed by atoms with Crippen LogP contribution in [0.15, 0.2) is 41.1 Å². The molecular weight excluding hydrogens is 316 g/mol. The van der Waals surface area contributed by atoms with E-state index in [-0.39, 0.29) is 17.6 Å². The fraction of sp³-hybridized carbons (Fsp3) is 0.316. The molecule has 0 spiro atoms. The highest BCUT2D eigenvalue weighted by molar-refractivity contribution is 6.02. The second kappa shape index (κ2) is 6.20. The van der Waals surface area contributed by atoms with Crippen molar-refractivity contribution in [3.63, 3.8) is 0 Å². The van der Waals surface area contributed by atoms with Crippen LogP contribution in [-0.4, -0.2) is 20.8 Å². The normalized spacial score (nSPS) is 16.5. The predicted molar refractivity (Wildman–Crippen MR) is 93.7 cm³/mol. The number of anilines is 1. The lowest BCUT2D eigenvalue weighted by Gasteiger charge is -2.27. The second-order valence-corrected chi connectivity index (χ2v) is 6.50. The zero-order valence-corrected chi connectivity index (χ0v) is 14.3. The van der Waals surface area contributed by atoms with Gasteiger partial charge in [-0.25, -0.2) is 4.68 Å². The van der Waals surface area contributed by atoms with Gasteiger partial charge in [0, 0.05) is 11.6 Å². The first kappa shape index (κ1) is 15.6. The van der Waals surface area contributed by atoms with E-state index in [2.05, 4.69) is 39.8 Å². The average molecular weight is 336 g/mol. The van der Waals surface area contributed by atoms with Crippen LogP contribution in [0.25, 0.3) is 0 Å². The van der Waals surface area contributed by atoms with Gasteiger partial charge in [-0.05, 0) is 44.2 Å². The van der Waals surface area contributed by atoms with Crippen molar-refractivity contribution >= 4 is 11.7 Å². The second-order valence-electron chi connectivity index (χ2n) is 6.50. The lowest BCUT2D eigenvalue weighted by Crippen LogP contribution is -2.22. The quantitative estimate of drug-likeness (QED) is 0.792. The van der Waals surface area contributed by atoms with Gasteiger partial charge in [-0.2, -0.15) is 5.10 Å².